The SMILES string of the molecule is CC(C)c1nn(CC(=O)N[C@H]2C[C@@](C)(O)C2)c(=O)c2ccc(OC(F)(F)F)cc12. The fraction of sp³-hybridized carbons (Fsp3) is 0.526. The summed E-state index contributed by atoms with van der Waals surface area (Å²) in [6, 6.07) is 3.26. The first-order valence-electron chi connectivity index (χ1n) is 9.17. The molecule has 3 rings (SSSR count). The minimum Gasteiger partial charge on any atom is -0.406 e. The number of hydrogen-bond donors (Lipinski definition) is 2. The van der Waals surface area contributed by atoms with E-state index < -0.39 is 29.2 Å². The van der Waals surface area contributed by atoms with Crippen LogP contribution in [0.15, 0.2) is 23.0 Å². The van der Waals surface area contributed by atoms with Gasteiger partial charge in [0.2, 0.25) is 5.91 Å². The van der Waals surface area contributed by atoms with Crippen molar-refractivity contribution in [2.24, 2.45) is 0 Å². The third-order valence-electron chi connectivity index (χ3n) is 4.77. The number of nitrogens with one attached hydrogen (secondary N) is 1. The van der Waals surface area contributed by atoms with E-state index in [1.54, 1.807) is 20.8 Å². The third kappa shape index (κ3) is 4.87. The van der Waals surface area contributed by atoms with E-state index in [4.69, 9.17) is 0 Å². The molecular formula is C19H22F3N3O4. The van der Waals surface area contributed by atoms with E-state index in [2.05, 4.69) is 15.2 Å². The van der Waals surface area contributed by atoms with Crippen molar-refractivity contribution >= 4 is 16.7 Å². The van der Waals surface area contributed by atoms with Crippen LogP contribution in [0.3, 0.4) is 0 Å². The molecule has 0 unspecified atom stereocenters. The average molecular weight is 413 g/mol. The van der Waals surface area contributed by atoms with E-state index in [1.165, 1.54) is 6.07 Å². The van der Waals surface area contributed by atoms with Crippen LogP contribution in [0, 0.1) is 0 Å². The van der Waals surface area contributed by atoms with Gasteiger partial charge in [0.1, 0.15) is 12.3 Å². The summed E-state index contributed by atoms with van der Waals surface area (Å²) in [6.07, 6.45) is -3.99. The van der Waals surface area contributed by atoms with Crippen LogP contribution in [0.4, 0.5) is 13.2 Å². The van der Waals surface area contributed by atoms with Crippen LogP contribution in [0.5, 0.6) is 5.75 Å². The van der Waals surface area contributed by atoms with Crippen molar-refractivity contribution in [3.63, 3.8) is 0 Å². The zero-order valence-corrected chi connectivity index (χ0v) is 16.2. The molecule has 7 nitrogen and oxygen atoms in total. The highest BCUT2D eigenvalue weighted by Crippen LogP contribution is 2.31. The Morgan fingerprint density at radius 1 is 1.38 bits per heavy atom. The van der Waals surface area contributed by atoms with E-state index in [1.807, 2.05) is 0 Å². The topological polar surface area (TPSA) is 93.5 Å². The first-order chi connectivity index (χ1) is 13.3. The van der Waals surface area contributed by atoms with Crippen LogP contribution in [0.2, 0.25) is 0 Å². The second-order valence-electron chi connectivity index (χ2n) is 7.93. The molecule has 10 heteroatoms. The number of carbonyl (C=O) groups is 1. The number of aliphatic hydroxyl groups is 1. The zero-order chi connectivity index (χ0) is 21.6. The summed E-state index contributed by atoms with van der Waals surface area (Å²) in [5.74, 6) is -1.08. The Labute approximate surface area is 164 Å². The Balaban J connectivity index is 1.91. The van der Waals surface area contributed by atoms with Crippen molar-refractivity contribution in [3.05, 3.63) is 34.2 Å². The Morgan fingerprint density at radius 2 is 2.03 bits per heavy atom. The molecule has 1 amide bonds. The Morgan fingerprint density at radius 3 is 2.59 bits per heavy atom. The zero-order valence-electron chi connectivity index (χ0n) is 16.2. The number of fused-ring (bicyclic) bond motifs is 1. The molecule has 1 aliphatic carbocycles. The number of nitrogens with zero attached hydrogens (tertiary/aromatic N) is 2. The molecule has 0 saturated heterocycles. The molecular weight excluding hydrogens is 391 g/mol. The molecule has 1 saturated carbocycles. The van der Waals surface area contributed by atoms with Gasteiger partial charge in [0.05, 0.1) is 16.7 Å². The maximum atomic E-state index is 12.7. The predicted octanol–water partition coefficient (Wildman–Crippen LogP) is 2.45. The van der Waals surface area contributed by atoms with Gasteiger partial charge in [0.15, 0.2) is 0 Å². The van der Waals surface area contributed by atoms with Crippen molar-refractivity contribution in [2.75, 3.05) is 0 Å². The fourth-order valence-corrected chi connectivity index (χ4v) is 3.53. The Kier molecular flexibility index (Phi) is 5.33. The first kappa shape index (κ1) is 21.1. The minimum absolute atomic E-state index is 0.151. The smallest absolute Gasteiger partial charge is 0.406 e. The first-order valence-corrected chi connectivity index (χ1v) is 9.17. The number of alkyl halides is 3. The molecule has 1 fully saturated rings. The summed E-state index contributed by atoms with van der Waals surface area (Å²) in [5.41, 5.74) is -0.998. The quantitative estimate of drug-likeness (QED) is 0.786. The van der Waals surface area contributed by atoms with Gasteiger partial charge >= 0.3 is 6.36 Å². The molecule has 2 aromatic rings. The van der Waals surface area contributed by atoms with E-state index in [0.29, 0.717) is 18.5 Å². The summed E-state index contributed by atoms with van der Waals surface area (Å²) in [5, 5.41) is 17.1. The van der Waals surface area contributed by atoms with E-state index in [9.17, 15) is 27.9 Å². The number of benzene rings is 1. The molecule has 0 bridgehead atoms. The van der Waals surface area contributed by atoms with E-state index in [0.717, 1.165) is 16.8 Å². The normalized spacial score (nSPS) is 21.9. The van der Waals surface area contributed by atoms with Gasteiger partial charge in [-0.25, -0.2) is 4.68 Å². The van der Waals surface area contributed by atoms with E-state index in [-0.39, 0.29) is 29.3 Å². The predicted molar refractivity (Wildman–Crippen MR) is 98.6 cm³/mol. The van der Waals surface area contributed by atoms with Crippen LogP contribution in [-0.2, 0) is 11.3 Å². The molecule has 1 heterocycles. The van der Waals surface area contributed by atoms with Gasteiger partial charge in [-0.2, -0.15) is 5.10 Å². The highest BCUT2D eigenvalue weighted by atomic mass is 19.4. The van der Waals surface area contributed by atoms with Gasteiger partial charge in [-0.3, -0.25) is 9.59 Å². The van der Waals surface area contributed by atoms with Crippen LogP contribution >= 0.6 is 0 Å². The second kappa shape index (κ2) is 7.33. The van der Waals surface area contributed by atoms with Gasteiger partial charge < -0.3 is 15.2 Å². The number of aromatic nitrogens is 2. The van der Waals surface area contributed by atoms with Crippen LogP contribution in [0.25, 0.3) is 10.8 Å². The van der Waals surface area contributed by atoms with Crippen LogP contribution in [0.1, 0.15) is 45.2 Å². The number of halogens is 3. The molecule has 0 spiro atoms. The maximum Gasteiger partial charge on any atom is 0.573 e. The minimum atomic E-state index is -4.85. The van der Waals surface area contributed by atoms with Gasteiger partial charge in [-0.1, -0.05) is 13.8 Å². The van der Waals surface area contributed by atoms with Crippen molar-refractivity contribution < 1.29 is 27.8 Å². The molecule has 0 atom stereocenters. The van der Waals surface area contributed by atoms with Crippen molar-refractivity contribution in [1.82, 2.24) is 15.1 Å². The van der Waals surface area contributed by atoms with E-state index >= 15 is 0 Å². The van der Waals surface area contributed by atoms with Crippen LogP contribution in [-0.4, -0.2) is 38.8 Å². The maximum absolute atomic E-state index is 12.7. The highest BCUT2D eigenvalue weighted by molar-refractivity contribution is 5.86. The molecule has 1 aromatic carbocycles. The second-order valence-corrected chi connectivity index (χ2v) is 7.93. The van der Waals surface area contributed by atoms with Gasteiger partial charge in [-0.15, -0.1) is 13.2 Å². The highest BCUT2D eigenvalue weighted by Gasteiger charge is 2.39. The van der Waals surface area contributed by atoms with Crippen LogP contribution < -0.4 is 15.6 Å². The number of rotatable bonds is 5. The Hall–Kier alpha value is -2.62. The molecule has 29 heavy (non-hydrogen) atoms. The molecule has 2 N–H and O–H groups in total. The van der Waals surface area contributed by atoms with Gasteiger partial charge in [-0.05, 0) is 43.9 Å². The largest absolute Gasteiger partial charge is 0.573 e. The fourth-order valence-electron chi connectivity index (χ4n) is 3.53. The standard InChI is InChI=1S/C19H22F3N3O4/c1-10(2)16-14-6-12(29-19(20,21)22)4-5-13(14)17(27)25(24-16)9-15(26)23-11-7-18(3,28)8-11/h4-6,10-11,28H,7-9H2,1-3H3,(H,23,26)/t11-,18+. The molecule has 0 aliphatic heterocycles. The molecule has 0 radical (unpaired) electrons. The molecule has 1 aromatic heterocycles. The summed E-state index contributed by atoms with van der Waals surface area (Å²) >= 11 is 0. The summed E-state index contributed by atoms with van der Waals surface area (Å²) in [6.45, 7) is 4.92. The van der Waals surface area contributed by atoms with Crippen molar-refractivity contribution in [2.45, 2.75) is 64.1 Å². The van der Waals surface area contributed by atoms with Crippen molar-refractivity contribution in [3.8, 4) is 5.75 Å². The number of carbonyl (C=O) groups excluding carboxylic acids is 1. The molecule has 1 aliphatic rings. The number of ether oxygens (including phenoxy) is 1. The summed E-state index contributed by atoms with van der Waals surface area (Å²) in [7, 11) is 0. The molecule has 158 valence electrons. The third-order valence-corrected chi connectivity index (χ3v) is 4.77. The lowest BCUT2D eigenvalue weighted by atomic mass is 9.77. The lowest BCUT2D eigenvalue weighted by molar-refractivity contribution is -0.274. The van der Waals surface area contributed by atoms with Gasteiger partial charge in [0, 0.05) is 11.4 Å². The summed E-state index contributed by atoms with van der Waals surface area (Å²) in [4.78, 5) is 25.0. The summed E-state index contributed by atoms with van der Waals surface area (Å²) < 4.78 is 42.5. The average Bonchev–Trinajstić information content (AvgIpc) is 2.53. The number of hydrogen-bond acceptors (Lipinski definition) is 5. The lowest BCUT2D eigenvalue weighted by Crippen LogP contribution is -2.54. The number of amides is 1. The van der Waals surface area contributed by atoms with Gasteiger partial charge in [0.25, 0.3) is 5.56 Å². The Bertz CT molecular complexity index is 991. The monoisotopic (exact) mass is 413 g/mol. The van der Waals surface area contributed by atoms with Crippen molar-refractivity contribution in [1.29, 1.82) is 0 Å². The lowest BCUT2D eigenvalue weighted by Gasteiger charge is -2.41.